The van der Waals surface area contributed by atoms with Crippen molar-refractivity contribution in [3.8, 4) is 5.75 Å². The zero-order valence-corrected chi connectivity index (χ0v) is 16.4. The summed E-state index contributed by atoms with van der Waals surface area (Å²) in [5.41, 5.74) is 2.26. The lowest BCUT2D eigenvalue weighted by atomic mass is 10.2. The van der Waals surface area contributed by atoms with E-state index in [0.717, 1.165) is 15.8 Å². The van der Waals surface area contributed by atoms with Gasteiger partial charge in [-0.2, -0.15) is 0 Å². The smallest absolute Gasteiger partial charge is 0.353 e. The lowest BCUT2D eigenvalue weighted by Gasteiger charge is -2.09. The van der Waals surface area contributed by atoms with Gasteiger partial charge in [-0.15, -0.1) is 0 Å². The molecule has 0 amide bonds. The summed E-state index contributed by atoms with van der Waals surface area (Å²) in [6, 6.07) is 12.9. The lowest BCUT2D eigenvalue weighted by Crippen LogP contribution is -2.05. The van der Waals surface area contributed by atoms with Gasteiger partial charge < -0.3 is 15.4 Å². The normalized spacial score (nSPS) is 10.7. The first-order valence-electron chi connectivity index (χ1n) is 8.59. The second kappa shape index (κ2) is 7.68. The Morgan fingerprint density at radius 2 is 1.79 bits per heavy atom. The predicted molar refractivity (Wildman–Crippen MR) is 113 cm³/mol. The molecular formula is C19H16N6O3S. The van der Waals surface area contributed by atoms with E-state index in [1.165, 1.54) is 17.7 Å². The third kappa shape index (κ3) is 3.78. The van der Waals surface area contributed by atoms with E-state index in [0.29, 0.717) is 16.6 Å². The van der Waals surface area contributed by atoms with Gasteiger partial charge in [-0.3, -0.25) is 10.1 Å². The molecule has 0 bridgehead atoms. The molecule has 0 aliphatic heterocycles. The van der Waals surface area contributed by atoms with Gasteiger partial charge in [0.15, 0.2) is 5.13 Å². The Kier molecular flexibility index (Phi) is 4.92. The van der Waals surface area contributed by atoms with E-state index in [4.69, 9.17) is 4.74 Å². The first-order valence-corrected chi connectivity index (χ1v) is 9.40. The fraction of sp³-hybridized carbons (Fsp3) is 0.105. The number of benzene rings is 2. The van der Waals surface area contributed by atoms with Crippen LogP contribution in [0.3, 0.4) is 0 Å². The minimum absolute atomic E-state index is 0.0673. The van der Waals surface area contributed by atoms with E-state index < -0.39 is 4.92 Å². The second-order valence-corrected chi connectivity index (χ2v) is 7.13. The molecule has 29 heavy (non-hydrogen) atoms. The number of aryl methyl sites for hydroxylation is 1. The number of hydrogen-bond donors (Lipinski definition) is 2. The molecule has 4 aromatic rings. The Hall–Kier alpha value is -3.79. The Labute approximate surface area is 169 Å². The minimum Gasteiger partial charge on any atom is -0.497 e. The summed E-state index contributed by atoms with van der Waals surface area (Å²) in [7, 11) is 1.57. The van der Waals surface area contributed by atoms with Crippen LogP contribution in [0.5, 0.6) is 5.75 Å². The molecule has 0 atom stereocenters. The average Bonchev–Trinajstić information content (AvgIpc) is 3.12. The molecule has 10 heteroatoms. The largest absolute Gasteiger partial charge is 0.497 e. The fourth-order valence-corrected chi connectivity index (χ4v) is 3.73. The quantitative estimate of drug-likeness (QED) is 0.345. The van der Waals surface area contributed by atoms with Crippen LogP contribution < -0.4 is 15.4 Å². The molecule has 0 aliphatic carbocycles. The molecule has 0 spiro atoms. The summed E-state index contributed by atoms with van der Waals surface area (Å²) in [5, 5.41) is 18.2. The summed E-state index contributed by atoms with van der Waals surface area (Å²) >= 11 is 1.40. The first kappa shape index (κ1) is 18.6. The number of methoxy groups -OCH3 is 1. The van der Waals surface area contributed by atoms with Gasteiger partial charge in [-0.05, 0) is 42.8 Å². The standard InChI is InChI=1S/C19H16N6O3S/c1-11-4-3-5-14-15(11)23-19(29-14)24-18-16(25(26)27)17(20-10-21-18)22-12-6-8-13(28-2)9-7-12/h3-10H,1-2H3,(H2,20,21,22,23,24). The van der Waals surface area contributed by atoms with E-state index in [2.05, 4.69) is 25.6 Å². The summed E-state index contributed by atoms with van der Waals surface area (Å²) in [6.45, 7) is 1.97. The average molecular weight is 408 g/mol. The van der Waals surface area contributed by atoms with Crippen molar-refractivity contribution in [2.24, 2.45) is 0 Å². The minimum atomic E-state index is -0.521. The van der Waals surface area contributed by atoms with Crippen molar-refractivity contribution in [3.05, 3.63) is 64.5 Å². The van der Waals surface area contributed by atoms with Gasteiger partial charge >= 0.3 is 5.69 Å². The van der Waals surface area contributed by atoms with Gasteiger partial charge in [-0.25, -0.2) is 15.0 Å². The number of thiazole rings is 1. The number of aromatic nitrogens is 3. The van der Waals surface area contributed by atoms with Crippen molar-refractivity contribution in [2.75, 3.05) is 17.7 Å². The van der Waals surface area contributed by atoms with Gasteiger partial charge in [0.25, 0.3) is 0 Å². The fourth-order valence-electron chi connectivity index (χ4n) is 2.79. The van der Waals surface area contributed by atoms with Gasteiger partial charge in [0.05, 0.1) is 22.2 Å². The van der Waals surface area contributed by atoms with Gasteiger partial charge in [0, 0.05) is 5.69 Å². The number of rotatable bonds is 6. The molecule has 2 N–H and O–H groups in total. The molecule has 0 radical (unpaired) electrons. The second-order valence-electron chi connectivity index (χ2n) is 6.10. The number of ether oxygens (including phenoxy) is 1. The maximum absolute atomic E-state index is 11.8. The third-order valence-electron chi connectivity index (χ3n) is 4.20. The van der Waals surface area contributed by atoms with Crippen LogP contribution >= 0.6 is 11.3 Å². The Morgan fingerprint density at radius 1 is 1.07 bits per heavy atom. The number of hydrogen-bond acceptors (Lipinski definition) is 9. The van der Waals surface area contributed by atoms with Gasteiger partial charge in [-0.1, -0.05) is 23.5 Å². The zero-order chi connectivity index (χ0) is 20.4. The number of nitro groups is 1. The Morgan fingerprint density at radius 3 is 2.45 bits per heavy atom. The van der Waals surface area contributed by atoms with E-state index in [9.17, 15) is 10.1 Å². The zero-order valence-electron chi connectivity index (χ0n) is 15.5. The van der Waals surface area contributed by atoms with Crippen LogP contribution in [0.1, 0.15) is 5.56 Å². The van der Waals surface area contributed by atoms with Crippen LogP contribution in [0.15, 0.2) is 48.8 Å². The molecule has 4 rings (SSSR count). The maximum Gasteiger partial charge on any atom is 0.353 e. The summed E-state index contributed by atoms with van der Waals surface area (Å²) in [4.78, 5) is 23.9. The third-order valence-corrected chi connectivity index (χ3v) is 5.14. The highest BCUT2D eigenvalue weighted by Crippen LogP contribution is 2.35. The number of nitrogens with zero attached hydrogens (tertiary/aromatic N) is 4. The van der Waals surface area contributed by atoms with Crippen LogP contribution in [0, 0.1) is 17.0 Å². The van der Waals surface area contributed by atoms with Crippen LogP contribution in [-0.2, 0) is 0 Å². The number of nitrogens with one attached hydrogen (secondary N) is 2. The molecular weight excluding hydrogens is 392 g/mol. The van der Waals surface area contributed by atoms with E-state index in [1.54, 1.807) is 31.4 Å². The summed E-state index contributed by atoms with van der Waals surface area (Å²) in [5.74, 6) is 0.828. The van der Waals surface area contributed by atoms with Crippen molar-refractivity contribution in [1.82, 2.24) is 15.0 Å². The summed E-state index contributed by atoms with van der Waals surface area (Å²) in [6.07, 6.45) is 1.26. The van der Waals surface area contributed by atoms with Crippen LogP contribution in [0.2, 0.25) is 0 Å². The molecule has 2 aromatic heterocycles. The molecule has 2 heterocycles. The van der Waals surface area contributed by atoms with Gasteiger partial charge in [0.2, 0.25) is 11.6 Å². The topological polar surface area (TPSA) is 115 Å². The first-order chi connectivity index (χ1) is 14.0. The number of para-hydroxylation sites is 1. The molecule has 0 unspecified atom stereocenters. The molecule has 0 fully saturated rings. The lowest BCUT2D eigenvalue weighted by molar-refractivity contribution is -0.383. The van der Waals surface area contributed by atoms with Crippen LogP contribution in [0.4, 0.5) is 28.1 Å². The van der Waals surface area contributed by atoms with Crippen molar-refractivity contribution >= 4 is 49.7 Å². The van der Waals surface area contributed by atoms with E-state index >= 15 is 0 Å². The van der Waals surface area contributed by atoms with Crippen molar-refractivity contribution in [3.63, 3.8) is 0 Å². The highest BCUT2D eigenvalue weighted by atomic mass is 32.1. The summed E-state index contributed by atoms with van der Waals surface area (Å²) < 4.78 is 6.11. The molecule has 0 aliphatic rings. The highest BCUT2D eigenvalue weighted by Gasteiger charge is 2.24. The Bertz CT molecular complexity index is 1190. The molecule has 9 nitrogen and oxygen atoms in total. The highest BCUT2D eigenvalue weighted by molar-refractivity contribution is 7.22. The van der Waals surface area contributed by atoms with Crippen LogP contribution in [-0.4, -0.2) is 27.0 Å². The Balaban J connectivity index is 1.68. The maximum atomic E-state index is 11.8. The molecule has 0 saturated heterocycles. The van der Waals surface area contributed by atoms with Crippen LogP contribution in [0.25, 0.3) is 10.2 Å². The monoisotopic (exact) mass is 408 g/mol. The molecule has 0 saturated carbocycles. The van der Waals surface area contributed by atoms with Crippen molar-refractivity contribution in [1.29, 1.82) is 0 Å². The van der Waals surface area contributed by atoms with Gasteiger partial charge in [0.1, 0.15) is 12.1 Å². The molecule has 2 aromatic carbocycles. The van der Waals surface area contributed by atoms with Crippen molar-refractivity contribution in [2.45, 2.75) is 6.92 Å². The van der Waals surface area contributed by atoms with Crippen molar-refractivity contribution < 1.29 is 9.66 Å². The predicted octanol–water partition coefficient (Wildman–Crippen LogP) is 4.80. The number of fused-ring (bicyclic) bond motifs is 1. The number of anilines is 4. The van der Waals surface area contributed by atoms with E-state index in [-0.39, 0.29) is 17.3 Å². The SMILES string of the molecule is COc1ccc(Nc2ncnc(Nc3nc4c(C)cccc4s3)c2[N+](=O)[O-])cc1. The molecule has 146 valence electrons. The van der Waals surface area contributed by atoms with E-state index in [1.807, 2.05) is 25.1 Å².